The molecule has 7 nitrogen and oxygen atoms in total. The van der Waals surface area contributed by atoms with Crippen LogP contribution in [-0.2, 0) is 20.6 Å². The van der Waals surface area contributed by atoms with Crippen molar-refractivity contribution in [2.24, 2.45) is 0 Å². The first-order valence-corrected chi connectivity index (χ1v) is 17.8. The summed E-state index contributed by atoms with van der Waals surface area (Å²) in [4.78, 5) is 38.7. The molecular formula is C37H39Cl2N3O4Si. The summed E-state index contributed by atoms with van der Waals surface area (Å²) in [6, 6.07) is 30.7. The van der Waals surface area contributed by atoms with E-state index >= 15 is 0 Å². The number of benzene rings is 4. The van der Waals surface area contributed by atoms with Crippen LogP contribution in [0.4, 0.5) is 5.69 Å². The number of rotatable bonds is 11. The molecule has 10 heteroatoms. The van der Waals surface area contributed by atoms with Crippen molar-refractivity contribution in [2.75, 3.05) is 25.5 Å². The van der Waals surface area contributed by atoms with Gasteiger partial charge in [-0.25, -0.2) is 0 Å². The molecule has 0 fully saturated rings. The Kier molecular flexibility index (Phi) is 11.8. The topological polar surface area (TPSA) is 87.7 Å². The summed E-state index contributed by atoms with van der Waals surface area (Å²) in [7, 11) is 0.277. The maximum Gasteiger partial charge on any atom is 0.261 e. The van der Waals surface area contributed by atoms with Gasteiger partial charge in [-0.3, -0.25) is 14.4 Å². The molecule has 0 aliphatic carbocycles. The monoisotopic (exact) mass is 687 g/mol. The Labute approximate surface area is 287 Å². The van der Waals surface area contributed by atoms with Gasteiger partial charge in [-0.05, 0) is 51.3 Å². The number of halogens is 2. The van der Waals surface area contributed by atoms with Crippen LogP contribution in [0.3, 0.4) is 0 Å². The summed E-state index contributed by atoms with van der Waals surface area (Å²) in [5.74, 6) is -1.01. The Morgan fingerprint density at radius 2 is 1.43 bits per heavy atom. The SMILES string of the molecule is CNC(=O)c1ccc(C=CC(=O)NCC(=O)N(C)c2ccc(Cl)c(CO[Si](c3ccccc3)(c3ccccc3)C(C)(C)C)c2Cl)cc1. The Hall–Kier alpha value is -4.21. The minimum Gasteiger partial charge on any atom is -0.403 e. The van der Waals surface area contributed by atoms with Crippen molar-refractivity contribution in [3.05, 3.63) is 130 Å². The largest absolute Gasteiger partial charge is 0.403 e. The molecule has 0 saturated heterocycles. The smallest absolute Gasteiger partial charge is 0.261 e. The standard InChI is InChI=1S/C37H39Cl2N3O4Si/c1-37(2,3)47(28-12-8-6-9-13-28,29-14-10-7-11-15-29)46-25-30-31(38)21-22-32(35(30)39)42(5)34(44)24-41-33(43)23-18-26-16-19-27(20-17-26)36(45)40-4/h6-23H,24-25H2,1-5H3,(H,40,45)(H,41,43). The molecule has 0 atom stereocenters. The molecule has 0 aliphatic rings. The highest BCUT2D eigenvalue weighted by molar-refractivity contribution is 6.99. The molecule has 0 spiro atoms. The fourth-order valence-electron chi connectivity index (χ4n) is 5.46. The zero-order chi connectivity index (χ0) is 34.2. The predicted molar refractivity (Wildman–Crippen MR) is 194 cm³/mol. The molecule has 0 saturated carbocycles. The lowest BCUT2D eigenvalue weighted by Gasteiger charge is -2.43. The second-order valence-corrected chi connectivity index (χ2v) is 17.1. The molecule has 0 unspecified atom stereocenters. The van der Waals surface area contributed by atoms with E-state index < -0.39 is 14.2 Å². The Balaban J connectivity index is 1.50. The van der Waals surface area contributed by atoms with Crippen LogP contribution in [0.2, 0.25) is 15.1 Å². The first-order valence-electron chi connectivity index (χ1n) is 15.2. The van der Waals surface area contributed by atoms with Gasteiger partial charge in [-0.1, -0.05) is 117 Å². The molecule has 0 aliphatic heterocycles. The summed E-state index contributed by atoms with van der Waals surface area (Å²) < 4.78 is 7.06. The highest BCUT2D eigenvalue weighted by Crippen LogP contribution is 2.40. The van der Waals surface area contributed by atoms with Crippen LogP contribution in [0, 0.1) is 0 Å². The van der Waals surface area contributed by atoms with E-state index in [1.165, 1.54) is 11.0 Å². The fourth-order valence-corrected chi connectivity index (χ4v) is 10.6. The number of amides is 3. The normalized spacial score (nSPS) is 11.7. The van der Waals surface area contributed by atoms with E-state index in [1.807, 2.05) is 36.4 Å². The minimum absolute atomic E-state index is 0.131. The molecule has 2 N–H and O–H groups in total. The number of nitrogens with one attached hydrogen (secondary N) is 2. The van der Waals surface area contributed by atoms with E-state index in [4.69, 9.17) is 27.6 Å². The summed E-state index contributed by atoms with van der Waals surface area (Å²) >= 11 is 13.6. The Morgan fingerprint density at radius 1 is 0.851 bits per heavy atom. The van der Waals surface area contributed by atoms with Gasteiger partial charge >= 0.3 is 0 Å². The van der Waals surface area contributed by atoms with Crippen molar-refractivity contribution in [3.63, 3.8) is 0 Å². The molecule has 4 rings (SSSR count). The number of carbonyl (C=O) groups is 3. The van der Waals surface area contributed by atoms with Gasteiger partial charge in [0.15, 0.2) is 0 Å². The van der Waals surface area contributed by atoms with E-state index in [0.717, 1.165) is 15.9 Å². The zero-order valence-corrected chi connectivity index (χ0v) is 29.7. The summed E-state index contributed by atoms with van der Waals surface area (Å²) in [6.45, 7) is 6.46. The third kappa shape index (κ3) is 8.21. The number of carbonyl (C=O) groups excluding carboxylic acids is 3. The molecule has 47 heavy (non-hydrogen) atoms. The molecule has 0 aromatic heterocycles. The second kappa shape index (κ2) is 15.6. The fraction of sp³-hybridized carbons (Fsp3) is 0.216. The second-order valence-electron chi connectivity index (χ2n) is 12.0. The maximum absolute atomic E-state index is 13.2. The number of likely N-dealkylation sites (N-methyl/N-ethyl adjacent to an activating group) is 1. The first-order chi connectivity index (χ1) is 22.4. The van der Waals surface area contributed by atoms with Gasteiger partial charge < -0.3 is 20.0 Å². The number of nitrogens with zero attached hydrogens (tertiary/aromatic N) is 1. The molecule has 4 aromatic carbocycles. The molecular weight excluding hydrogens is 649 g/mol. The van der Waals surface area contributed by atoms with Crippen LogP contribution < -0.4 is 25.9 Å². The van der Waals surface area contributed by atoms with Crippen LogP contribution in [0.25, 0.3) is 6.08 Å². The van der Waals surface area contributed by atoms with Gasteiger partial charge in [0.1, 0.15) is 0 Å². The first kappa shape index (κ1) is 35.6. The van der Waals surface area contributed by atoms with E-state index in [-0.39, 0.29) is 30.0 Å². The third-order valence-electron chi connectivity index (χ3n) is 7.99. The van der Waals surface area contributed by atoms with E-state index in [0.29, 0.717) is 26.9 Å². The lowest BCUT2D eigenvalue weighted by molar-refractivity contribution is -0.122. The quantitative estimate of drug-likeness (QED) is 0.145. The summed E-state index contributed by atoms with van der Waals surface area (Å²) in [5.41, 5.74) is 2.27. The van der Waals surface area contributed by atoms with Gasteiger partial charge in [0.25, 0.3) is 14.2 Å². The maximum atomic E-state index is 13.2. The molecule has 0 bridgehead atoms. The lowest BCUT2D eigenvalue weighted by Crippen LogP contribution is -2.66. The van der Waals surface area contributed by atoms with Crippen molar-refractivity contribution in [3.8, 4) is 0 Å². The van der Waals surface area contributed by atoms with Crippen LogP contribution in [0.5, 0.6) is 0 Å². The molecule has 3 amide bonds. The average Bonchev–Trinajstić information content (AvgIpc) is 3.07. The number of hydrogen-bond acceptors (Lipinski definition) is 4. The minimum atomic E-state index is -2.88. The third-order valence-corrected chi connectivity index (χ3v) is 13.8. The Bertz CT molecular complexity index is 1700. The predicted octanol–water partition coefficient (Wildman–Crippen LogP) is 6.22. The number of hydrogen-bond donors (Lipinski definition) is 2. The molecule has 0 radical (unpaired) electrons. The van der Waals surface area contributed by atoms with E-state index in [9.17, 15) is 14.4 Å². The molecule has 0 heterocycles. The van der Waals surface area contributed by atoms with E-state index in [1.54, 1.807) is 56.6 Å². The van der Waals surface area contributed by atoms with Gasteiger partial charge in [0.2, 0.25) is 11.8 Å². The molecule has 244 valence electrons. The average molecular weight is 689 g/mol. The summed E-state index contributed by atoms with van der Waals surface area (Å²) in [5, 5.41) is 7.91. The van der Waals surface area contributed by atoms with Crippen LogP contribution in [0.15, 0.2) is 103 Å². The van der Waals surface area contributed by atoms with Crippen molar-refractivity contribution in [1.29, 1.82) is 0 Å². The summed E-state index contributed by atoms with van der Waals surface area (Å²) in [6.07, 6.45) is 2.93. The van der Waals surface area contributed by atoms with Crippen molar-refractivity contribution in [2.45, 2.75) is 32.4 Å². The van der Waals surface area contributed by atoms with Crippen molar-refractivity contribution in [1.82, 2.24) is 10.6 Å². The van der Waals surface area contributed by atoms with Crippen LogP contribution >= 0.6 is 23.2 Å². The Morgan fingerprint density at radius 3 is 1.96 bits per heavy atom. The molecule has 4 aromatic rings. The lowest BCUT2D eigenvalue weighted by atomic mass is 10.1. The van der Waals surface area contributed by atoms with E-state index in [2.05, 4.69) is 55.7 Å². The van der Waals surface area contributed by atoms with Crippen molar-refractivity contribution >= 4 is 71.4 Å². The van der Waals surface area contributed by atoms with Gasteiger partial charge in [0, 0.05) is 36.3 Å². The van der Waals surface area contributed by atoms with Crippen molar-refractivity contribution < 1.29 is 18.8 Å². The highest BCUT2D eigenvalue weighted by atomic mass is 35.5. The van der Waals surface area contributed by atoms with Gasteiger partial charge in [-0.15, -0.1) is 0 Å². The van der Waals surface area contributed by atoms with Crippen LogP contribution in [-0.4, -0.2) is 46.7 Å². The number of anilines is 1. The van der Waals surface area contributed by atoms with Gasteiger partial charge in [-0.2, -0.15) is 0 Å². The van der Waals surface area contributed by atoms with Crippen LogP contribution in [0.1, 0.15) is 42.3 Å². The zero-order valence-electron chi connectivity index (χ0n) is 27.1. The highest BCUT2D eigenvalue weighted by Gasteiger charge is 2.50. The van der Waals surface area contributed by atoms with Gasteiger partial charge in [0.05, 0.1) is 23.9 Å².